The number of benzene rings is 1. The molecule has 0 heterocycles. The number of halogens is 1. The van der Waals surface area contributed by atoms with Crippen molar-refractivity contribution in [3.63, 3.8) is 0 Å². The highest BCUT2D eigenvalue weighted by Gasteiger charge is 2.15. The SMILES string of the molecule is CCOc1c(Cl)cc(C(=O)NCC(C)C)cc1OC. The molecule has 0 saturated heterocycles. The summed E-state index contributed by atoms with van der Waals surface area (Å²) < 4.78 is 10.6. The van der Waals surface area contributed by atoms with Crippen LogP contribution >= 0.6 is 11.6 Å². The fourth-order valence-corrected chi connectivity index (χ4v) is 1.80. The Morgan fingerprint density at radius 3 is 2.63 bits per heavy atom. The van der Waals surface area contributed by atoms with Crippen LogP contribution in [0.3, 0.4) is 0 Å². The van der Waals surface area contributed by atoms with Crippen LogP contribution in [0.15, 0.2) is 12.1 Å². The van der Waals surface area contributed by atoms with Crippen molar-refractivity contribution in [2.75, 3.05) is 20.3 Å². The molecule has 1 N–H and O–H groups in total. The van der Waals surface area contributed by atoms with E-state index in [0.717, 1.165) is 0 Å². The van der Waals surface area contributed by atoms with E-state index in [1.54, 1.807) is 12.1 Å². The standard InChI is InChI=1S/C14H20ClNO3/c1-5-19-13-11(15)6-10(7-12(13)18-4)14(17)16-8-9(2)3/h6-7,9H,5,8H2,1-4H3,(H,16,17). The number of carbonyl (C=O) groups is 1. The van der Waals surface area contributed by atoms with Gasteiger partial charge >= 0.3 is 0 Å². The molecule has 5 heteroatoms. The Hall–Kier alpha value is -1.42. The lowest BCUT2D eigenvalue weighted by Crippen LogP contribution is -2.27. The summed E-state index contributed by atoms with van der Waals surface area (Å²) in [6, 6.07) is 3.22. The number of methoxy groups -OCH3 is 1. The summed E-state index contributed by atoms with van der Waals surface area (Å²) in [5.74, 6) is 1.15. The molecule has 0 saturated carbocycles. The Bertz CT molecular complexity index is 447. The van der Waals surface area contributed by atoms with Crippen molar-refractivity contribution in [2.45, 2.75) is 20.8 Å². The fourth-order valence-electron chi connectivity index (χ4n) is 1.53. The van der Waals surface area contributed by atoms with Crippen molar-refractivity contribution in [1.82, 2.24) is 5.32 Å². The highest BCUT2D eigenvalue weighted by Crippen LogP contribution is 2.36. The van der Waals surface area contributed by atoms with Gasteiger partial charge in [0.1, 0.15) is 0 Å². The van der Waals surface area contributed by atoms with Gasteiger partial charge in [-0.05, 0) is 25.0 Å². The van der Waals surface area contributed by atoms with Gasteiger partial charge in [0.2, 0.25) is 0 Å². The van der Waals surface area contributed by atoms with Crippen molar-refractivity contribution in [1.29, 1.82) is 0 Å². The molecule has 0 fully saturated rings. The first-order valence-corrected chi connectivity index (χ1v) is 6.65. The maximum atomic E-state index is 12.0. The Balaban J connectivity index is 2.97. The first-order valence-electron chi connectivity index (χ1n) is 6.28. The summed E-state index contributed by atoms with van der Waals surface area (Å²) in [6.45, 7) is 7.03. The molecule has 1 amide bonds. The van der Waals surface area contributed by atoms with E-state index in [-0.39, 0.29) is 5.91 Å². The second-order valence-electron chi connectivity index (χ2n) is 4.53. The minimum absolute atomic E-state index is 0.169. The summed E-state index contributed by atoms with van der Waals surface area (Å²) in [6.07, 6.45) is 0. The van der Waals surface area contributed by atoms with Crippen molar-refractivity contribution < 1.29 is 14.3 Å². The quantitative estimate of drug-likeness (QED) is 0.873. The van der Waals surface area contributed by atoms with E-state index in [0.29, 0.717) is 41.2 Å². The van der Waals surface area contributed by atoms with E-state index in [4.69, 9.17) is 21.1 Å². The van der Waals surface area contributed by atoms with Crippen molar-refractivity contribution in [3.8, 4) is 11.5 Å². The van der Waals surface area contributed by atoms with E-state index in [1.807, 2.05) is 20.8 Å². The number of rotatable bonds is 6. The molecule has 19 heavy (non-hydrogen) atoms. The average molecular weight is 286 g/mol. The topological polar surface area (TPSA) is 47.6 Å². The van der Waals surface area contributed by atoms with Gasteiger partial charge in [-0.25, -0.2) is 0 Å². The lowest BCUT2D eigenvalue weighted by atomic mass is 10.1. The number of nitrogens with one attached hydrogen (secondary N) is 1. The number of amides is 1. The second-order valence-corrected chi connectivity index (χ2v) is 4.93. The largest absolute Gasteiger partial charge is 0.493 e. The molecule has 1 aromatic rings. The maximum absolute atomic E-state index is 12.0. The lowest BCUT2D eigenvalue weighted by molar-refractivity contribution is 0.0948. The van der Waals surface area contributed by atoms with Crippen molar-refractivity contribution >= 4 is 17.5 Å². The molecule has 0 unspecified atom stereocenters. The summed E-state index contributed by atoms with van der Waals surface area (Å²) in [5.41, 5.74) is 0.464. The number of hydrogen-bond donors (Lipinski definition) is 1. The molecule has 1 aromatic carbocycles. The second kappa shape index (κ2) is 7.24. The molecule has 0 atom stereocenters. The van der Waals surface area contributed by atoms with E-state index in [9.17, 15) is 4.79 Å². The molecule has 4 nitrogen and oxygen atoms in total. The Morgan fingerprint density at radius 2 is 2.11 bits per heavy atom. The van der Waals surface area contributed by atoms with Gasteiger partial charge in [0, 0.05) is 12.1 Å². The number of ether oxygens (including phenoxy) is 2. The predicted molar refractivity (Wildman–Crippen MR) is 76.3 cm³/mol. The summed E-state index contributed by atoms with van der Waals surface area (Å²) in [7, 11) is 1.52. The lowest BCUT2D eigenvalue weighted by Gasteiger charge is -2.13. The molecule has 0 aromatic heterocycles. The number of hydrogen-bond acceptors (Lipinski definition) is 3. The average Bonchev–Trinajstić information content (AvgIpc) is 2.38. The monoisotopic (exact) mass is 285 g/mol. The normalized spacial score (nSPS) is 10.4. The zero-order valence-electron chi connectivity index (χ0n) is 11.7. The first-order chi connectivity index (χ1) is 8.99. The Kier molecular flexibility index (Phi) is 5.96. The molecule has 106 valence electrons. The fraction of sp³-hybridized carbons (Fsp3) is 0.500. The smallest absolute Gasteiger partial charge is 0.251 e. The van der Waals surface area contributed by atoms with Crippen LogP contribution in [0.25, 0.3) is 0 Å². The van der Waals surface area contributed by atoms with Gasteiger partial charge in [-0.3, -0.25) is 4.79 Å². The number of carbonyl (C=O) groups excluding carboxylic acids is 1. The van der Waals surface area contributed by atoms with Crippen LogP contribution in [-0.4, -0.2) is 26.2 Å². The zero-order valence-corrected chi connectivity index (χ0v) is 12.5. The van der Waals surface area contributed by atoms with Gasteiger partial charge in [-0.2, -0.15) is 0 Å². The van der Waals surface area contributed by atoms with Crippen molar-refractivity contribution in [2.24, 2.45) is 5.92 Å². The van der Waals surface area contributed by atoms with Gasteiger partial charge in [-0.1, -0.05) is 25.4 Å². The van der Waals surface area contributed by atoms with Gasteiger partial charge < -0.3 is 14.8 Å². The molecular formula is C14H20ClNO3. The minimum atomic E-state index is -0.169. The van der Waals surface area contributed by atoms with Crippen LogP contribution in [0, 0.1) is 5.92 Å². The minimum Gasteiger partial charge on any atom is -0.493 e. The van der Waals surface area contributed by atoms with Crippen LogP contribution in [0.5, 0.6) is 11.5 Å². The highest BCUT2D eigenvalue weighted by atomic mass is 35.5. The van der Waals surface area contributed by atoms with Crippen LogP contribution in [0.4, 0.5) is 0 Å². The van der Waals surface area contributed by atoms with Crippen LogP contribution < -0.4 is 14.8 Å². The van der Waals surface area contributed by atoms with E-state index in [1.165, 1.54) is 7.11 Å². The van der Waals surface area contributed by atoms with Gasteiger partial charge in [-0.15, -0.1) is 0 Å². The predicted octanol–water partition coefficient (Wildman–Crippen LogP) is 3.13. The molecule has 0 bridgehead atoms. The molecule has 0 spiro atoms. The maximum Gasteiger partial charge on any atom is 0.251 e. The summed E-state index contributed by atoms with van der Waals surface area (Å²) >= 11 is 6.11. The first kappa shape index (κ1) is 15.6. The molecule has 1 rings (SSSR count). The van der Waals surface area contributed by atoms with Crippen LogP contribution in [0.2, 0.25) is 5.02 Å². The van der Waals surface area contributed by atoms with E-state index in [2.05, 4.69) is 5.32 Å². The molecule has 0 aliphatic carbocycles. The van der Waals surface area contributed by atoms with Gasteiger partial charge in [0.15, 0.2) is 11.5 Å². The molecular weight excluding hydrogens is 266 g/mol. The third-order valence-electron chi connectivity index (χ3n) is 2.45. The molecule has 0 radical (unpaired) electrons. The van der Waals surface area contributed by atoms with Gasteiger partial charge in [0.25, 0.3) is 5.91 Å². The molecule has 0 aliphatic heterocycles. The summed E-state index contributed by atoms with van der Waals surface area (Å²) in [4.78, 5) is 12.0. The third-order valence-corrected chi connectivity index (χ3v) is 2.73. The third kappa shape index (κ3) is 4.31. The van der Waals surface area contributed by atoms with Gasteiger partial charge in [0.05, 0.1) is 18.7 Å². The highest BCUT2D eigenvalue weighted by molar-refractivity contribution is 6.32. The Labute approximate surface area is 119 Å². The van der Waals surface area contributed by atoms with Crippen LogP contribution in [0.1, 0.15) is 31.1 Å². The summed E-state index contributed by atoms with van der Waals surface area (Å²) in [5, 5.41) is 3.21. The molecule has 0 aliphatic rings. The zero-order chi connectivity index (χ0) is 14.4. The van der Waals surface area contributed by atoms with Crippen LogP contribution in [-0.2, 0) is 0 Å². The van der Waals surface area contributed by atoms with E-state index >= 15 is 0 Å². The Morgan fingerprint density at radius 1 is 1.42 bits per heavy atom. The van der Waals surface area contributed by atoms with E-state index < -0.39 is 0 Å². The van der Waals surface area contributed by atoms with Crippen molar-refractivity contribution in [3.05, 3.63) is 22.7 Å².